The maximum absolute atomic E-state index is 13.6. The molecular weight excluding hydrogens is 454 g/mol. The second-order valence-corrected chi connectivity index (χ2v) is 9.40. The third-order valence-corrected chi connectivity index (χ3v) is 6.48. The molecule has 0 aliphatic rings. The Balaban J connectivity index is 1.76. The van der Waals surface area contributed by atoms with Gasteiger partial charge in [0.1, 0.15) is 0 Å². The molecule has 0 aliphatic carbocycles. The molecule has 0 unspecified atom stereocenters. The van der Waals surface area contributed by atoms with Gasteiger partial charge in [-0.15, -0.1) is 0 Å². The Morgan fingerprint density at radius 1 is 1.08 bits per heavy atom. The minimum Gasteiger partial charge on any atom is -0.383 e. The van der Waals surface area contributed by atoms with Gasteiger partial charge < -0.3 is 10.1 Å². The highest BCUT2D eigenvalue weighted by Crippen LogP contribution is 2.31. The summed E-state index contributed by atoms with van der Waals surface area (Å²) in [4.78, 5) is 22.7. The summed E-state index contributed by atoms with van der Waals surface area (Å²) >= 11 is 0. The second-order valence-electron chi connectivity index (χ2n) is 9.40. The number of aromatic nitrogens is 6. The zero-order chi connectivity index (χ0) is 25.6. The van der Waals surface area contributed by atoms with Crippen molar-refractivity contribution in [1.29, 1.82) is 0 Å². The van der Waals surface area contributed by atoms with Crippen molar-refractivity contribution >= 4 is 27.6 Å². The number of nitrogens with one attached hydrogen (secondary N) is 1. The fourth-order valence-corrected chi connectivity index (χ4v) is 4.80. The number of pyridine rings is 2. The zero-order valence-corrected chi connectivity index (χ0v) is 21.5. The van der Waals surface area contributed by atoms with Crippen LogP contribution in [0.1, 0.15) is 25.2 Å². The van der Waals surface area contributed by atoms with E-state index in [9.17, 15) is 4.79 Å². The van der Waals surface area contributed by atoms with Crippen LogP contribution in [0, 0.1) is 13.8 Å². The Morgan fingerprint density at radius 2 is 1.89 bits per heavy atom. The van der Waals surface area contributed by atoms with E-state index in [1.165, 1.54) is 0 Å². The molecule has 0 aliphatic heterocycles. The van der Waals surface area contributed by atoms with Gasteiger partial charge in [-0.1, -0.05) is 6.07 Å². The number of methoxy groups -OCH3 is 1. The van der Waals surface area contributed by atoms with Crippen molar-refractivity contribution in [2.75, 3.05) is 19.0 Å². The maximum atomic E-state index is 13.6. The van der Waals surface area contributed by atoms with Crippen LogP contribution >= 0.6 is 0 Å². The lowest BCUT2D eigenvalue weighted by Crippen LogP contribution is -2.22. The number of hydrogen-bond acceptors (Lipinski definition) is 6. The summed E-state index contributed by atoms with van der Waals surface area (Å²) in [6.45, 7) is 9.28. The molecule has 0 saturated carbocycles. The first kappa shape index (κ1) is 23.7. The standard InChI is InChI=1S/C27H31N7O2/c1-16(2)30-21-11-20(13-28-14-21)19-7-8-23-22(12-19)26-24(15-29-23)32(5)27(35)34(26)25-17(3)31-33(18(25)4)9-10-36-6/h7-8,11-16,30H,9-10H2,1-6H3. The summed E-state index contributed by atoms with van der Waals surface area (Å²) < 4.78 is 10.6. The molecule has 1 N–H and O–H groups in total. The Labute approximate surface area is 209 Å². The molecule has 4 heterocycles. The minimum atomic E-state index is -0.132. The van der Waals surface area contributed by atoms with E-state index in [1.807, 2.05) is 43.1 Å². The molecule has 0 bridgehead atoms. The fourth-order valence-electron chi connectivity index (χ4n) is 4.80. The monoisotopic (exact) mass is 485 g/mol. The SMILES string of the molecule is COCCn1nc(C)c(-n2c(=O)n(C)c3cnc4ccc(-c5cncc(NC(C)C)c5)cc4c32)c1C. The van der Waals surface area contributed by atoms with E-state index in [0.717, 1.165) is 55.8 Å². The first-order chi connectivity index (χ1) is 17.3. The van der Waals surface area contributed by atoms with Crippen LogP contribution in [0.4, 0.5) is 5.69 Å². The fraction of sp³-hybridized carbons (Fsp3) is 0.333. The molecule has 5 rings (SSSR count). The topological polar surface area (TPSA) is 91.8 Å². The number of aryl methyl sites for hydroxylation is 2. The number of fused-ring (bicyclic) bond motifs is 3. The van der Waals surface area contributed by atoms with Crippen molar-refractivity contribution in [1.82, 2.24) is 28.9 Å². The van der Waals surface area contributed by atoms with Gasteiger partial charge in [0.25, 0.3) is 0 Å². The Bertz CT molecular complexity index is 1640. The third-order valence-electron chi connectivity index (χ3n) is 6.48. The van der Waals surface area contributed by atoms with Gasteiger partial charge in [0.05, 0.1) is 58.7 Å². The molecular formula is C27H31N7O2. The van der Waals surface area contributed by atoms with E-state index in [-0.39, 0.29) is 5.69 Å². The number of ether oxygens (including phenoxy) is 1. The molecule has 0 radical (unpaired) electrons. The van der Waals surface area contributed by atoms with Crippen molar-refractivity contribution in [3.05, 3.63) is 64.7 Å². The van der Waals surface area contributed by atoms with Crippen LogP contribution in [-0.2, 0) is 18.3 Å². The Hall–Kier alpha value is -3.98. The van der Waals surface area contributed by atoms with Gasteiger partial charge in [0.2, 0.25) is 0 Å². The first-order valence-electron chi connectivity index (χ1n) is 12.1. The number of nitrogens with zero attached hydrogens (tertiary/aromatic N) is 6. The normalized spacial score (nSPS) is 11.8. The number of imidazole rings is 1. The van der Waals surface area contributed by atoms with Crippen LogP contribution in [0.5, 0.6) is 0 Å². The van der Waals surface area contributed by atoms with Gasteiger partial charge in [-0.2, -0.15) is 5.10 Å². The second kappa shape index (κ2) is 9.23. The molecule has 0 fully saturated rings. The molecule has 0 spiro atoms. The van der Waals surface area contributed by atoms with E-state index in [2.05, 4.69) is 41.3 Å². The highest BCUT2D eigenvalue weighted by atomic mass is 16.5. The summed E-state index contributed by atoms with van der Waals surface area (Å²) in [6.07, 6.45) is 5.45. The highest BCUT2D eigenvalue weighted by Gasteiger charge is 2.22. The lowest BCUT2D eigenvalue weighted by atomic mass is 10.0. The number of benzene rings is 1. The Kier molecular flexibility index (Phi) is 6.09. The molecule has 9 nitrogen and oxygen atoms in total. The summed E-state index contributed by atoms with van der Waals surface area (Å²) in [5, 5.41) is 9.00. The van der Waals surface area contributed by atoms with Crippen LogP contribution < -0.4 is 11.0 Å². The van der Waals surface area contributed by atoms with Gasteiger partial charge in [0.15, 0.2) is 0 Å². The van der Waals surface area contributed by atoms with E-state index >= 15 is 0 Å². The summed E-state index contributed by atoms with van der Waals surface area (Å²) in [6, 6.07) is 8.53. The van der Waals surface area contributed by atoms with Crippen LogP contribution in [0.2, 0.25) is 0 Å². The molecule has 0 amide bonds. The quantitative estimate of drug-likeness (QED) is 0.371. The van der Waals surface area contributed by atoms with Gasteiger partial charge in [-0.25, -0.2) is 4.79 Å². The van der Waals surface area contributed by atoms with Gasteiger partial charge in [0, 0.05) is 43.5 Å². The van der Waals surface area contributed by atoms with Crippen molar-refractivity contribution in [2.45, 2.75) is 40.3 Å². The van der Waals surface area contributed by atoms with E-state index in [4.69, 9.17) is 9.84 Å². The lowest BCUT2D eigenvalue weighted by molar-refractivity contribution is 0.182. The molecule has 0 atom stereocenters. The predicted molar refractivity (Wildman–Crippen MR) is 143 cm³/mol. The van der Waals surface area contributed by atoms with Crippen LogP contribution in [0.15, 0.2) is 47.7 Å². The van der Waals surface area contributed by atoms with Gasteiger partial charge in [-0.05, 0) is 51.5 Å². The zero-order valence-electron chi connectivity index (χ0n) is 21.5. The lowest BCUT2D eigenvalue weighted by Gasteiger charge is -2.12. The molecule has 186 valence electrons. The Morgan fingerprint density at radius 3 is 2.64 bits per heavy atom. The summed E-state index contributed by atoms with van der Waals surface area (Å²) in [5.74, 6) is 0. The van der Waals surface area contributed by atoms with Crippen molar-refractivity contribution in [2.24, 2.45) is 7.05 Å². The van der Waals surface area contributed by atoms with Crippen molar-refractivity contribution in [3.8, 4) is 16.8 Å². The molecule has 1 aromatic carbocycles. The smallest absolute Gasteiger partial charge is 0.333 e. The molecule has 5 aromatic rings. The molecule has 36 heavy (non-hydrogen) atoms. The van der Waals surface area contributed by atoms with Crippen LogP contribution in [0.25, 0.3) is 38.8 Å². The molecule has 9 heteroatoms. The minimum absolute atomic E-state index is 0.132. The van der Waals surface area contributed by atoms with Crippen molar-refractivity contribution < 1.29 is 4.74 Å². The third kappa shape index (κ3) is 3.95. The van der Waals surface area contributed by atoms with E-state index in [0.29, 0.717) is 19.2 Å². The van der Waals surface area contributed by atoms with Gasteiger partial charge in [-0.3, -0.25) is 23.8 Å². The highest BCUT2D eigenvalue weighted by molar-refractivity contribution is 6.04. The largest absolute Gasteiger partial charge is 0.383 e. The maximum Gasteiger partial charge on any atom is 0.333 e. The van der Waals surface area contributed by atoms with Gasteiger partial charge >= 0.3 is 5.69 Å². The first-order valence-corrected chi connectivity index (χ1v) is 12.1. The summed E-state index contributed by atoms with van der Waals surface area (Å²) in [7, 11) is 3.45. The number of hydrogen-bond donors (Lipinski definition) is 1. The van der Waals surface area contributed by atoms with E-state index < -0.39 is 0 Å². The molecule has 0 saturated heterocycles. The average molecular weight is 486 g/mol. The molecule has 4 aromatic heterocycles. The van der Waals surface area contributed by atoms with E-state index in [1.54, 1.807) is 29.5 Å². The number of rotatable bonds is 7. The average Bonchev–Trinajstić information content (AvgIpc) is 3.28. The summed E-state index contributed by atoms with van der Waals surface area (Å²) in [5.41, 5.74) is 7.72. The van der Waals surface area contributed by atoms with Crippen LogP contribution in [0.3, 0.4) is 0 Å². The predicted octanol–water partition coefficient (Wildman–Crippen LogP) is 4.22. The van der Waals surface area contributed by atoms with Crippen LogP contribution in [-0.4, -0.2) is 48.6 Å². The van der Waals surface area contributed by atoms with Crippen molar-refractivity contribution in [3.63, 3.8) is 0 Å². The number of anilines is 1.